The number of hydrogen-bond donors (Lipinski definition) is 0. The lowest BCUT2D eigenvalue weighted by atomic mass is 10.00. The van der Waals surface area contributed by atoms with Crippen molar-refractivity contribution in [2.24, 2.45) is 0 Å². The molecule has 0 saturated heterocycles. The maximum Gasteiger partial charge on any atom is 0.235 e. The molecular formula is C46H27N3S. The Morgan fingerprint density at radius 3 is 1.90 bits per heavy atom. The number of fused-ring (bicyclic) bond motifs is 11. The van der Waals surface area contributed by atoms with Crippen LogP contribution < -0.4 is 0 Å². The molecule has 0 amide bonds. The van der Waals surface area contributed by atoms with Crippen molar-refractivity contribution in [1.29, 1.82) is 0 Å². The van der Waals surface area contributed by atoms with Crippen LogP contribution in [0.5, 0.6) is 0 Å². The molecule has 0 spiro atoms. The second kappa shape index (κ2) is 10.6. The van der Waals surface area contributed by atoms with Gasteiger partial charge in [-0.15, -0.1) is 11.3 Å². The molecule has 0 unspecified atom stereocenters. The fourth-order valence-corrected chi connectivity index (χ4v) is 9.07. The summed E-state index contributed by atoms with van der Waals surface area (Å²) in [6, 6.07) is 58.9. The Balaban J connectivity index is 1.31. The molecule has 11 rings (SSSR count). The molecule has 3 nitrogen and oxygen atoms in total. The van der Waals surface area contributed by atoms with Gasteiger partial charge in [-0.05, 0) is 34.5 Å². The van der Waals surface area contributed by atoms with E-state index >= 15 is 0 Å². The molecule has 0 aliphatic carbocycles. The first-order chi connectivity index (χ1) is 24.8. The average Bonchev–Trinajstić information content (AvgIpc) is 3.73. The molecule has 0 aliphatic heterocycles. The summed E-state index contributed by atoms with van der Waals surface area (Å²) in [4.78, 5) is 11.0. The zero-order valence-corrected chi connectivity index (χ0v) is 27.7. The van der Waals surface area contributed by atoms with Gasteiger partial charge in [0.25, 0.3) is 0 Å². The predicted molar refractivity (Wildman–Crippen MR) is 213 cm³/mol. The van der Waals surface area contributed by atoms with E-state index in [4.69, 9.17) is 9.97 Å². The van der Waals surface area contributed by atoms with Crippen LogP contribution >= 0.6 is 11.3 Å². The summed E-state index contributed by atoms with van der Waals surface area (Å²) in [5.41, 5.74) is 7.51. The Morgan fingerprint density at radius 2 is 1.04 bits per heavy atom. The smallest absolute Gasteiger partial charge is 0.235 e. The summed E-state index contributed by atoms with van der Waals surface area (Å²) < 4.78 is 4.93. The van der Waals surface area contributed by atoms with Gasteiger partial charge in [-0.3, -0.25) is 4.57 Å². The third-order valence-electron chi connectivity index (χ3n) is 10.2. The van der Waals surface area contributed by atoms with Crippen molar-refractivity contribution in [3.8, 4) is 28.3 Å². The van der Waals surface area contributed by atoms with Crippen molar-refractivity contribution in [2.45, 2.75) is 0 Å². The first-order valence-electron chi connectivity index (χ1n) is 16.9. The minimum atomic E-state index is 0.666. The minimum Gasteiger partial charge on any atom is -0.277 e. The van der Waals surface area contributed by atoms with Crippen LogP contribution in [0.3, 0.4) is 0 Å². The highest BCUT2D eigenvalue weighted by Gasteiger charge is 2.22. The fraction of sp³-hybridized carbons (Fsp3) is 0. The lowest BCUT2D eigenvalue weighted by Gasteiger charge is -2.15. The summed E-state index contributed by atoms with van der Waals surface area (Å²) >= 11 is 1.85. The molecule has 0 atom stereocenters. The fourth-order valence-electron chi connectivity index (χ4n) is 7.92. The van der Waals surface area contributed by atoms with Gasteiger partial charge in [0, 0.05) is 58.2 Å². The van der Waals surface area contributed by atoms with Gasteiger partial charge >= 0.3 is 0 Å². The molecular weight excluding hydrogens is 627 g/mol. The standard InChI is InChI=1S/C46H27N3S/c1-2-13-30(14-3-1)42-39-26-22-28-11-4-6-15-32(28)43(39)48-46(47-42)49-44-33-16-7-5-12-29(33)21-25-38(44)37-19-10-18-34(45(37)49)31-23-24-36-35-17-8-9-20-40(35)50-41(36)27-31/h1-27H. The van der Waals surface area contributed by atoms with Crippen molar-refractivity contribution in [2.75, 3.05) is 0 Å². The van der Waals surface area contributed by atoms with Crippen LogP contribution in [-0.4, -0.2) is 14.5 Å². The summed E-state index contributed by atoms with van der Waals surface area (Å²) in [6.07, 6.45) is 0. The summed E-state index contributed by atoms with van der Waals surface area (Å²) in [6.45, 7) is 0. The van der Waals surface area contributed by atoms with E-state index in [9.17, 15) is 0 Å². The Kier molecular flexibility index (Phi) is 5.83. The number of aromatic nitrogens is 3. The Morgan fingerprint density at radius 1 is 0.400 bits per heavy atom. The Hall–Kier alpha value is -6.36. The number of rotatable bonds is 3. The van der Waals surface area contributed by atoms with Gasteiger partial charge in [-0.2, -0.15) is 0 Å². The SMILES string of the molecule is c1ccc(-c2nc(-n3c4c(-c5ccc6c(c5)sc5ccccc56)cccc4c4ccc5ccccc5c43)nc3c2ccc2ccccc23)cc1. The number of benzene rings is 8. The molecule has 0 radical (unpaired) electrons. The van der Waals surface area contributed by atoms with Crippen molar-refractivity contribution >= 4 is 85.8 Å². The maximum atomic E-state index is 5.51. The number of hydrogen-bond acceptors (Lipinski definition) is 3. The van der Waals surface area contributed by atoms with E-state index in [0.717, 1.165) is 49.5 Å². The van der Waals surface area contributed by atoms with Gasteiger partial charge in [0.1, 0.15) is 0 Å². The molecule has 0 bridgehead atoms. The number of para-hydroxylation sites is 1. The summed E-state index contributed by atoms with van der Waals surface area (Å²) in [5, 5.41) is 10.7. The average molecular weight is 654 g/mol. The van der Waals surface area contributed by atoms with Crippen LogP contribution in [0, 0.1) is 0 Å². The lowest BCUT2D eigenvalue weighted by molar-refractivity contribution is 1.02. The third-order valence-corrected chi connectivity index (χ3v) is 11.3. The summed E-state index contributed by atoms with van der Waals surface area (Å²) in [5.74, 6) is 0.666. The monoisotopic (exact) mass is 653 g/mol. The molecule has 0 saturated carbocycles. The van der Waals surface area contributed by atoms with Gasteiger partial charge in [0.05, 0.1) is 22.2 Å². The first kappa shape index (κ1) is 27.6. The molecule has 0 fully saturated rings. The maximum absolute atomic E-state index is 5.51. The Bertz CT molecular complexity index is 3150. The van der Waals surface area contributed by atoms with Crippen molar-refractivity contribution in [1.82, 2.24) is 14.5 Å². The van der Waals surface area contributed by atoms with Crippen LogP contribution in [0.25, 0.3) is 103 Å². The Labute approximate surface area is 291 Å². The predicted octanol–water partition coefficient (Wildman–Crippen LogP) is 12.7. The molecule has 3 heterocycles. The minimum absolute atomic E-state index is 0.666. The van der Waals surface area contributed by atoms with E-state index in [0.29, 0.717) is 5.95 Å². The second-order valence-corrected chi connectivity index (χ2v) is 14.0. The van der Waals surface area contributed by atoms with E-state index < -0.39 is 0 Å². The summed E-state index contributed by atoms with van der Waals surface area (Å²) in [7, 11) is 0. The highest BCUT2D eigenvalue weighted by Crippen LogP contribution is 2.43. The van der Waals surface area contributed by atoms with E-state index in [1.807, 2.05) is 11.3 Å². The zero-order valence-electron chi connectivity index (χ0n) is 26.8. The van der Waals surface area contributed by atoms with Crippen molar-refractivity contribution in [3.05, 3.63) is 164 Å². The lowest BCUT2D eigenvalue weighted by Crippen LogP contribution is -2.05. The third kappa shape index (κ3) is 3.97. The van der Waals surface area contributed by atoms with Crippen LogP contribution in [0.15, 0.2) is 164 Å². The highest BCUT2D eigenvalue weighted by molar-refractivity contribution is 7.25. The molecule has 4 heteroatoms. The molecule has 0 aliphatic rings. The first-order valence-corrected chi connectivity index (χ1v) is 17.7. The number of nitrogens with zero attached hydrogens (tertiary/aromatic N) is 3. The second-order valence-electron chi connectivity index (χ2n) is 13.0. The zero-order chi connectivity index (χ0) is 32.8. The van der Waals surface area contributed by atoms with Gasteiger partial charge in [-0.25, -0.2) is 9.97 Å². The highest BCUT2D eigenvalue weighted by atomic mass is 32.1. The van der Waals surface area contributed by atoms with Gasteiger partial charge < -0.3 is 0 Å². The van der Waals surface area contributed by atoms with Crippen LogP contribution in [0.4, 0.5) is 0 Å². The largest absolute Gasteiger partial charge is 0.277 e. The van der Waals surface area contributed by atoms with Gasteiger partial charge in [0.15, 0.2) is 0 Å². The van der Waals surface area contributed by atoms with E-state index in [-0.39, 0.29) is 0 Å². The molecule has 8 aromatic carbocycles. The molecule has 50 heavy (non-hydrogen) atoms. The quantitative estimate of drug-likeness (QED) is 0.178. The van der Waals surface area contributed by atoms with Crippen molar-refractivity contribution in [3.63, 3.8) is 0 Å². The van der Waals surface area contributed by atoms with Crippen molar-refractivity contribution < 1.29 is 0 Å². The van der Waals surface area contributed by atoms with E-state index in [1.165, 1.54) is 47.3 Å². The number of thiophene rings is 1. The van der Waals surface area contributed by atoms with Crippen LogP contribution in [0.2, 0.25) is 0 Å². The molecule has 232 valence electrons. The molecule has 11 aromatic rings. The van der Waals surface area contributed by atoms with Crippen LogP contribution in [0.1, 0.15) is 0 Å². The van der Waals surface area contributed by atoms with Gasteiger partial charge in [-0.1, -0.05) is 146 Å². The topological polar surface area (TPSA) is 30.7 Å². The van der Waals surface area contributed by atoms with E-state index in [2.05, 4.69) is 168 Å². The normalized spacial score (nSPS) is 12.0. The van der Waals surface area contributed by atoms with E-state index in [1.54, 1.807) is 0 Å². The molecule has 3 aromatic heterocycles. The van der Waals surface area contributed by atoms with Crippen LogP contribution in [-0.2, 0) is 0 Å². The molecule has 0 N–H and O–H groups in total. The van der Waals surface area contributed by atoms with Gasteiger partial charge in [0.2, 0.25) is 5.95 Å².